The zero-order valence-corrected chi connectivity index (χ0v) is 14.5. The van der Waals surface area contributed by atoms with Gasteiger partial charge in [0.05, 0.1) is 12.1 Å². The molecule has 0 unspecified atom stereocenters. The highest BCUT2D eigenvalue weighted by Crippen LogP contribution is 2.27. The molecule has 3 N–H and O–H groups in total. The first-order chi connectivity index (χ1) is 12.9. The van der Waals surface area contributed by atoms with Crippen LogP contribution in [0.4, 0.5) is 8.78 Å². The summed E-state index contributed by atoms with van der Waals surface area (Å²) in [6.07, 6.45) is 0.626. The normalized spacial score (nSPS) is 21.9. The van der Waals surface area contributed by atoms with E-state index in [2.05, 4.69) is 15.6 Å². The van der Waals surface area contributed by atoms with Crippen LogP contribution in [0.15, 0.2) is 29.0 Å². The molecule has 1 fully saturated rings. The van der Waals surface area contributed by atoms with Crippen molar-refractivity contribution in [3.8, 4) is 0 Å². The number of nitrogens with one attached hydrogen (secondary N) is 2. The summed E-state index contributed by atoms with van der Waals surface area (Å²) in [4.78, 5) is 28.3. The molecule has 7 nitrogen and oxygen atoms in total. The lowest BCUT2D eigenvalue weighted by molar-refractivity contribution is -0.125. The fourth-order valence-electron chi connectivity index (χ4n) is 3.16. The molecule has 2 aromatic rings. The van der Waals surface area contributed by atoms with Crippen molar-refractivity contribution in [2.75, 3.05) is 0 Å². The Labute approximate surface area is 153 Å². The standard InChI is InChI=1S/C18H19F2N3O4/c1-9-16(22-8-27-9)18(26)23-13-5-11(6-14(13)24)17(25)21-7-10-3-2-4-12(19)15(10)20/h2-4,8,11,13-14,24H,5-7H2,1H3,(H,21,25)(H,23,26)/t11-,13+,14+/m0/s1. The minimum absolute atomic E-state index is 0.0354. The lowest BCUT2D eigenvalue weighted by atomic mass is 10.1. The van der Waals surface area contributed by atoms with Gasteiger partial charge < -0.3 is 20.2 Å². The lowest BCUT2D eigenvalue weighted by Gasteiger charge is -2.15. The molecule has 0 spiro atoms. The van der Waals surface area contributed by atoms with E-state index in [9.17, 15) is 23.5 Å². The van der Waals surface area contributed by atoms with Crippen LogP contribution in [-0.4, -0.2) is 34.1 Å². The van der Waals surface area contributed by atoms with Crippen LogP contribution in [0.25, 0.3) is 0 Å². The maximum Gasteiger partial charge on any atom is 0.273 e. The molecule has 1 aliphatic carbocycles. The van der Waals surface area contributed by atoms with Crippen LogP contribution in [0.5, 0.6) is 0 Å². The van der Waals surface area contributed by atoms with Gasteiger partial charge in [0.1, 0.15) is 5.76 Å². The number of oxazole rings is 1. The lowest BCUT2D eigenvalue weighted by Crippen LogP contribution is -2.40. The number of aromatic nitrogens is 1. The second kappa shape index (κ2) is 7.83. The van der Waals surface area contributed by atoms with E-state index in [-0.39, 0.29) is 30.6 Å². The summed E-state index contributed by atoms with van der Waals surface area (Å²) in [5.41, 5.74) is 0.157. The van der Waals surface area contributed by atoms with Crippen molar-refractivity contribution in [2.24, 2.45) is 5.92 Å². The number of amides is 2. The van der Waals surface area contributed by atoms with Crippen LogP contribution in [0.1, 0.15) is 34.7 Å². The number of nitrogens with zero attached hydrogens (tertiary/aromatic N) is 1. The van der Waals surface area contributed by atoms with Crippen molar-refractivity contribution in [1.29, 1.82) is 0 Å². The number of hydrogen-bond acceptors (Lipinski definition) is 5. The van der Waals surface area contributed by atoms with Crippen molar-refractivity contribution < 1.29 is 27.9 Å². The zero-order valence-electron chi connectivity index (χ0n) is 14.5. The van der Waals surface area contributed by atoms with Gasteiger partial charge in [-0.15, -0.1) is 0 Å². The number of carbonyl (C=O) groups is 2. The van der Waals surface area contributed by atoms with E-state index in [0.717, 1.165) is 12.5 Å². The minimum Gasteiger partial charge on any atom is -0.448 e. The Kier molecular flexibility index (Phi) is 5.50. The highest BCUT2D eigenvalue weighted by molar-refractivity contribution is 5.93. The van der Waals surface area contributed by atoms with Crippen molar-refractivity contribution in [1.82, 2.24) is 15.6 Å². The van der Waals surface area contributed by atoms with Crippen LogP contribution in [0.2, 0.25) is 0 Å². The zero-order chi connectivity index (χ0) is 19.6. The highest BCUT2D eigenvalue weighted by Gasteiger charge is 2.38. The van der Waals surface area contributed by atoms with Gasteiger partial charge in [0.15, 0.2) is 23.7 Å². The number of benzene rings is 1. The smallest absolute Gasteiger partial charge is 0.273 e. The third kappa shape index (κ3) is 4.13. The molecule has 1 saturated carbocycles. The molecule has 1 heterocycles. The van der Waals surface area contributed by atoms with Gasteiger partial charge in [0.2, 0.25) is 5.91 Å². The Bertz CT molecular complexity index is 855. The summed E-state index contributed by atoms with van der Waals surface area (Å²) in [7, 11) is 0. The fraction of sp³-hybridized carbons (Fsp3) is 0.389. The second-order valence-electron chi connectivity index (χ2n) is 6.50. The number of halogens is 2. The molecule has 3 atom stereocenters. The first kappa shape index (κ1) is 19.0. The highest BCUT2D eigenvalue weighted by atomic mass is 19.2. The first-order valence-corrected chi connectivity index (χ1v) is 8.46. The molecule has 3 rings (SSSR count). The van der Waals surface area contributed by atoms with Gasteiger partial charge in [-0.25, -0.2) is 13.8 Å². The average Bonchev–Trinajstić information content (AvgIpc) is 3.22. The summed E-state index contributed by atoms with van der Waals surface area (Å²) in [6, 6.07) is 3.12. The van der Waals surface area contributed by atoms with Gasteiger partial charge in [-0.05, 0) is 25.8 Å². The molecule has 1 aromatic carbocycles. The molecule has 9 heteroatoms. The Hall–Kier alpha value is -2.81. The maximum atomic E-state index is 13.6. The number of aliphatic hydroxyl groups excluding tert-OH is 1. The number of aliphatic hydroxyl groups is 1. The molecule has 0 aliphatic heterocycles. The number of aryl methyl sites for hydroxylation is 1. The fourth-order valence-corrected chi connectivity index (χ4v) is 3.16. The monoisotopic (exact) mass is 379 g/mol. The largest absolute Gasteiger partial charge is 0.448 e. The molecule has 27 heavy (non-hydrogen) atoms. The van der Waals surface area contributed by atoms with E-state index in [1.807, 2.05) is 0 Å². The maximum absolute atomic E-state index is 13.6. The third-order valence-electron chi connectivity index (χ3n) is 4.66. The van der Waals surface area contributed by atoms with Crippen LogP contribution < -0.4 is 10.6 Å². The van der Waals surface area contributed by atoms with Crippen LogP contribution in [0.3, 0.4) is 0 Å². The van der Waals surface area contributed by atoms with Crippen LogP contribution >= 0.6 is 0 Å². The molecule has 1 aliphatic rings. The summed E-state index contributed by atoms with van der Waals surface area (Å²) in [5, 5.41) is 15.3. The SMILES string of the molecule is Cc1ocnc1C(=O)N[C@@H]1C[C@H](C(=O)NCc2cccc(F)c2F)C[C@H]1O. The molecular formula is C18H19F2N3O4. The van der Waals surface area contributed by atoms with Crippen LogP contribution in [-0.2, 0) is 11.3 Å². The topological polar surface area (TPSA) is 104 Å². The minimum atomic E-state index is -1.00. The van der Waals surface area contributed by atoms with Crippen molar-refractivity contribution in [3.63, 3.8) is 0 Å². The molecule has 144 valence electrons. The van der Waals surface area contributed by atoms with E-state index >= 15 is 0 Å². The van der Waals surface area contributed by atoms with Crippen molar-refractivity contribution in [2.45, 2.75) is 38.5 Å². The van der Waals surface area contributed by atoms with Crippen molar-refractivity contribution in [3.05, 3.63) is 53.2 Å². The average molecular weight is 379 g/mol. The summed E-state index contributed by atoms with van der Waals surface area (Å²) in [6.45, 7) is 1.43. The second-order valence-corrected chi connectivity index (χ2v) is 6.50. The van der Waals surface area contributed by atoms with E-state index in [1.165, 1.54) is 12.1 Å². The summed E-state index contributed by atoms with van der Waals surface area (Å²) in [5.74, 6) is -3.08. The van der Waals surface area contributed by atoms with Crippen molar-refractivity contribution >= 4 is 11.8 Å². The Balaban J connectivity index is 1.55. The predicted octanol–water partition coefficient (Wildman–Crippen LogP) is 1.45. The predicted molar refractivity (Wildman–Crippen MR) is 89.4 cm³/mol. The van der Waals surface area contributed by atoms with Gasteiger partial charge in [-0.1, -0.05) is 12.1 Å². The third-order valence-corrected chi connectivity index (χ3v) is 4.66. The Morgan fingerprint density at radius 1 is 1.33 bits per heavy atom. The Morgan fingerprint density at radius 3 is 2.81 bits per heavy atom. The van der Waals surface area contributed by atoms with E-state index in [4.69, 9.17) is 4.42 Å². The van der Waals surface area contributed by atoms with E-state index in [0.29, 0.717) is 5.76 Å². The summed E-state index contributed by atoms with van der Waals surface area (Å²) < 4.78 is 31.8. The molecular weight excluding hydrogens is 360 g/mol. The van der Waals surface area contributed by atoms with E-state index < -0.39 is 41.5 Å². The van der Waals surface area contributed by atoms with Gasteiger partial charge >= 0.3 is 0 Å². The first-order valence-electron chi connectivity index (χ1n) is 8.46. The number of hydrogen-bond donors (Lipinski definition) is 3. The quantitative estimate of drug-likeness (QED) is 0.729. The Morgan fingerprint density at radius 2 is 2.11 bits per heavy atom. The molecule has 2 amide bonds. The van der Waals surface area contributed by atoms with Gasteiger partial charge in [-0.3, -0.25) is 9.59 Å². The number of carbonyl (C=O) groups excluding carboxylic acids is 2. The molecule has 0 saturated heterocycles. The van der Waals surface area contributed by atoms with E-state index in [1.54, 1.807) is 6.92 Å². The van der Waals surface area contributed by atoms with Crippen LogP contribution in [0, 0.1) is 24.5 Å². The molecule has 0 bridgehead atoms. The number of rotatable bonds is 5. The van der Waals surface area contributed by atoms with Gasteiger partial charge in [0, 0.05) is 18.0 Å². The molecule has 1 aromatic heterocycles. The van der Waals surface area contributed by atoms with Gasteiger partial charge in [-0.2, -0.15) is 0 Å². The molecule has 0 radical (unpaired) electrons. The summed E-state index contributed by atoms with van der Waals surface area (Å²) >= 11 is 0. The van der Waals surface area contributed by atoms with Gasteiger partial charge in [0.25, 0.3) is 5.91 Å².